The lowest BCUT2D eigenvalue weighted by Gasteiger charge is -1.99. The van der Waals surface area contributed by atoms with Crippen molar-refractivity contribution in [1.82, 2.24) is 4.98 Å². The van der Waals surface area contributed by atoms with Crippen LogP contribution < -0.4 is 5.73 Å². The molecule has 0 bridgehead atoms. The number of anilines is 1. The molecule has 2 N–H and O–H groups in total. The first-order valence-corrected chi connectivity index (χ1v) is 2.84. The van der Waals surface area contributed by atoms with Crippen LogP contribution in [0, 0.1) is 5.82 Å². The Morgan fingerprint density at radius 2 is 2.40 bits per heavy atom. The summed E-state index contributed by atoms with van der Waals surface area (Å²) >= 11 is 0. The fraction of sp³-hybridized carbons (Fsp3) is 0.167. The second-order valence-corrected chi connectivity index (χ2v) is 1.90. The monoisotopic (exact) mass is 136 g/mol. The van der Waals surface area contributed by atoms with Crippen LogP contribution in [0.5, 0.6) is 0 Å². The molecule has 1 heterocycles. The highest BCUT2D eigenvalue weighted by molar-refractivity contribution is 6.08. The molecule has 0 aromatic carbocycles. The number of aromatic nitrogens is 1. The maximum absolute atomic E-state index is 12.4. The second kappa shape index (κ2) is 2.69. The van der Waals surface area contributed by atoms with E-state index in [4.69, 9.17) is 13.6 Å². The summed E-state index contributed by atoms with van der Waals surface area (Å²) in [6, 6.07) is 1.28. The van der Waals surface area contributed by atoms with Crippen molar-refractivity contribution in [2.45, 2.75) is 6.32 Å². The molecule has 0 aliphatic carbocycles. The minimum Gasteiger partial charge on any atom is -0.383 e. The quantitative estimate of drug-likeness (QED) is 0.570. The fourth-order valence-electron chi connectivity index (χ4n) is 0.655. The molecule has 1 rings (SSSR count). The molecule has 50 valence electrons. The van der Waals surface area contributed by atoms with E-state index in [1.165, 1.54) is 6.07 Å². The van der Waals surface area contributed by atoms with Gasteiger partial charge in [0, 0.05) is 0 Å². The molecule has 0 amide bonds. The van der Waals surface area contributed by atoms with Gasteiger partial charge in [0.05, 0.1) is 14.0 Å². The van der Waals surface area contributed by atoms with Crippen molar-refractivity contribution >= 4 is 13.7 Å². The van der Waals surface area contributed by atoms with Crippen LogP contribution in [-0.4, -0.2) is 12.8 Å². The first-order valence-electron chi connectivity index (χ1n) is 2.84. The van der Waals surface area contributed by atoms with E-state index in [-0.39, 0.29) is 6.32 Å². The lowest BCUT2D eigenvalue weighted by molar-refractivity contribution is 0.620. The molecule has 1 aromatic rings. The molecular formula is C6H6BFN2. The van der Waals surface area contributed by atoms with Crippen LogP contribution in [0.4, 0.5) is 10.2 Å². The maximum atomic E-state index is 12.4. The normalized spacial score (nSPS) is 9.70. The molecule has 2 radical (unpaired) electrons. The SMILES string of the molecule is [B]Cc1cc(F)cnc1N. The Morgan fingerprint density at radius 3 is 2.90 bits per heavy atom. The van der Waals surface area contributed by atoms with Crippen molar-refractivity contribution < 1.29 is 4.39 Å². The largest absolute Gasteiger partial charge is 0.383 e. The summed E-state index contributed by atoms with van der Waals surface area (Å²) in [5.74, 6) is -0.112. The first-order chi connectivity index (χ1) is 4.74. The van der Waals surface area contributed by atoms with Gasteiger partial charge < -0.3 is 5.73 Å². The van der Waals surface area contributed by atoms with Gasteiger partial charge in [-0.2, -0.15) is 0 Å². The third kappa shape index (κ3) is 1.26. The van der Waals surface area contributed by atoms with Crippen LogP contribution in [0.3, 0.4) is 0 Å². The van der Waals surface area contributed by atoms with Gasteiger partial charge in [-0.15, -0.1) is 0 Å². The van der Waals surface area contributed by atoms with Gasteiger partial charge >= 0.3 is 0 Å². The van der Waals surface area contributed by atoms with Gasteiger partial charge in [-0.1, -0.05) is 6.32 Å². The van der Waals surface area contributed by atoms with Crippen molar-refractivity contribution in [2.75, 3.05) is 5.73 Å². The standard InChI is InChI=1S/C6H6BFN2/c7-2-4-1-5(8)3-10-6(4)9/h1,3H,2H2,(H2,9,10). The maximum Gasteiger partial charge on any atom is 0.141 e. The van der Waals surface area contributed by atoms with Crippen molar-refractivity contribution in [3.63, 3.8) is 0 Å². The van der Waals surface area contributed by atoms with Gasteiger partial charge in [-0.3, -0.25) is 0 Å². The summed E-state index contributed by atoms with van der Waals surface area (Å²) in [7, 11) is 5.23. The number of nitrogens with zero attached hydrogens (tertiary/aromatic N) is 1. The predicted molar refractivity (Wildman–Crippen MR) is 38.1 cm³/mol. The van der Waals surface area contributed by atoms with E-state index >= 15 is 0 Å². The average Bonchev–Trinajstić information content (AvgIpc) is 1.94. The number of nitrogen functional groups attached to an aromatic ring is 1. The highest BCUT2D eigenvalue weighted by Crippen LogP contribution is 2.08. The Morgan fingerprint density at radius 1 is 1.70 bits per heavy atom. The summed E-state index contributed by atoms with van der Waals surface area (Å²) in [5.41, 5.74) is 5.88. The molecule has 0 saturated carbocycles. The van der Waals surface area contributed by atoms with Crippen LogP contribution in [0.15, 0.2) is 12.3 Å². The Hall–Kier alpha value is -1.06. The highest BCUT2D eigenvalue weighted by atomic mass is 19.1. The topological polar surface area (TPSA) is 38.9 Å². The predicted octanol–water partition coefficient (Wildman–Crippen LogP) is 0.471. The summed E-state index contributed by atoms with van der Waals surface area (Å²) in [6.07, 6.45) is 1.28. The number of rotatable bonds is 1. The Bertz CT molecular complexity index is 239. The lowest BCUT2D eigenvalue weighted by Crippen LogP contribution is -1.98. The number of nitrogens with two attached hydrogens (primary N) is 1. The third-order valence-electron chi connectivity index (χ3n) is 1.19. The van der Waals surface area contributed by atoms with Crippen LogP contribution in [0.2, 0.25) is 0 Å². The second-order valence-electron chi connectivity index (χ2n) is 1.90. The molecule has 0 atom stereocenters. The molecule has 2 nitrogen and oxygen atoms in total. The van der Waals surface area contributed by atoms with Crippen molar-refractivity contribution in [3.8, 4) is 0 Å². The molecular weight excluding hydrogens is 130 g/mol. The van der Waals surface area contributed by atoms with E-state index in [2.05, 4.69) is 4.98 Å². The molecule has 1 aromatic heterocycles. The highest BCUT2D eigenvalue weighted by Gasteiger charge is 1.97. The molecule has 0 aliphatic rings. The molecule has 0 fully saturated rings. The van der Waals surface area contributed by atoms with Crippen LogP contribution >= 0.6 is 0 Å². The molecule has 0 saturated heterocycles. The van der Waals surface area contributed by atoms with Crippen molar-refractivity contribution in [1.29, 1.82) is 0 Å². The Balaban J connectivity index is 3.09. The van der Waals surface area contributed by atoms with Crippen molar-refractivity contribution in [3.05, 3.63) is 23.6 Å². The minimum atomic E-state index is -0.408. The zero-order valence-electron chi connectivity index (χ0n) is 5.34. The fourth-order valence-corrected chi connectivity index (χ4v) is 0.655. The number of halogens is 1. The van der Waals surface area contributed by atoms with Crippen LogP contribution in [-0.2, 0) is 6.32 Å². The Labute approximate surface area is 59.7 Å². The first kappa shape index (κ1) is 7.06. The minimum absolute atomic E-state index is 0.219. The van der Waals surface area contributed by atoms with Gasteiger partial charge in [0.25, 0.3) is 0 Å². The summed E-state index contributed by atoms with van der Waals surface area (Å²) in [5, 5.41) is 0. The van der Waals surface area contributed by atoms with E-state index in [1.807, 2.05) is 0 Å². The van der Waals surface area contributed by atoms with Crippen LogP contribution in [0.25, 0.3) is 0 Å². The molecule has 0 aliphatic heterocycles. The van der Waals surface area contributed by atoms with Crippen molar-refractivity contribution in [2.24, 2.45) is 0 Å². The third-order valence-corrected chi connectivity index (χ3v) is 1.19. The van der Waals surface area contributed by atoms with Gasteiger partial charge in [0.2, 0.25) is 0 Å². The van der Waals surface area contributed by atoms with E-state index in [9.17, 15) is 4.39 Å². The van der Waals surface area contributed by atoms with E-state index in [0.29, 0.717) is 11.4 Å². The van der Waals surface area contributed by atoms with Gasteiger partial charge in [0.1, 0.15) is 11.6 Å². The van der Waals surface area contributed by atoms with E-state index < -0.39 is 5.82 Å². The van der Waals surface area contributed by atoms with Gasteiger partial charge in [0.15, 0.2) is 0 Å². The smallest absolute Gasteiger partial charge is 0.141 e. The average molecular weight is 136 g/mol. The molecule has 10 heavy (non-hydrogen) atoms. The zero-order chi connectivity index (χ0) is 7.56. The number of hydrogen-bond acceptors (Lipinski definition) is 2. The summed E-state index contributed by atoms with van der Waals surface area (Å²) in [4.78, 5) is 3.57. The number of hydrogen-bond donors (Lipinski definition) is 1. The van der Waals surface area contributed by atoms with E-state index in [0.717, 1.165) is 6.20 Å². The molecule has 4 heteroatoms. The Kier molecular flexibility index (Phi) is 1.90. The number of pyridine rings is 1. The van der Waals surface area contributed by atoms with Gasteiger partial charge in [-0.25, -0.2) is 9.37 Å². The van der Waals surface area contributed by atoms with Crippen LogP contribution in [0.1, 0.15) is 5.56 Å². The van der Waals surface area contributed by atoms with E-state index in [1.54, 1.807) is 0 Å². The molecule has 0 spiro atoms. The molecule has 0 unspecified atom stereocenters. The summed E-state index contributed by atoms with van der Waals surface area (Å²) in [6.45, 7) is 0. The zero-order valence-corrected chi connectivity index (χ0v) is 5.34. The lowest BCUT2D eigenvalue weighted by atomic mass is 9.98. The summed E-state index contributed by atoms with van der Waals surface area (Å²) < 4.78 is 12.4. The van der Waals surface area contributed by atoms with Gasteiger partial charge in [-0.05, 0) is 11.6 Å².